The zero-order valence-electron chi connectivity index (χ0n) is 14.0. The Bertz CT molecular complexity index is 987. The molecule has 1 aliphatic heterocycles. The summed E-state index contributed by atoms with van der Waals surface area (Å²) in [5, 5.41) is 22.9. The van der Waals surface area contributed by atoms with Crippen LogP contribution >= 0.6 is 11.8 Å². The highest BCUT2D eigenvalue weighted by Crippen LogP contribution is 2.32. The highest BCUT2D eigenvalue weighted by molar-refractivity contribution is 7.99. The van der Waals surface area contributed by atoms with Gasteiger partial charge in [-0.05, 0) is 40.6 Å². The number of aromatic nitrogens is 4. The van der Waals surface area contributed by atoms with E-state index < -0.39 is 4.92 Å². The second kappa shape index (κ2) is 7.19. The first-order valence-corrected chi connectivity index (χ1v) is 9.09. The van der Waals surface area contributed by atoms with Crippen LogP contribution in [0.5, 0.6) is 0 Å². The molecule has 4 rings (SSSR count). The summed E-state index contributed by atoms with van der Waals surface area (Å²) < 4.78 is 6.85. The van der Waals surface area contributed by atoms with Gasteiger partial charge >= 0.3 is 0 Å². The van der Waals surface area contributed by atoms with Gasteiger partial charge in [0.05, 0.1) is 16.9 Å². The molecule has 2 aromatic heterocycles. The number of nitro benzene ring substituents is 1. The van der Waals surface area contributed by atoms with Gasteiger partial charge in [0.15, 0.2) is 0 Å². The minimum Gasteiger partial charge on any atom is -0.467 e. The number of amides is 1. The lowest BCUT2D eigenvalue weighted by Gasteiger charge is -2.16. The van der Waals surface area contributed by atoms with E-state index in [1.807, 2.05) is 6.07 Å². The molecule has 0 saturated heterocycles. The SMILES string of the molecule is O=C(CSc1nnnn1Cc1ccco1)N1CCc2cc([N+](=O)[O-])ccc21. The summed E-state index contributed by atoms with van der Waals surface area (Å²) in [4.78, 5) is 24.7. The van der Waals surface area contributed by atoms with Crippen molar-refractivity contribution >= 4 is 29.0 Å². The molecular formula is C16H14N6O4S. The lowest BCUT2D eigenvalue weighted by atomic mass is 10.1. The zero-order chi connectivity index (χ0) is 18.8. The molecule has 1 aromatic carbocycles. The molecule has 3 heterocycles. The maximum absolute atomic E-state index is 12.6. The first kappa shape index (κ1) is 17.2. The topological polar surface area (TPSA) is 120 Å². The highest BCUT2D eigenvalue weighted by Gasteiger charge is 2.26. The van der Waals surface area contributed by atoms with Crippen molar-refractivity contribution in [1.29, 1.82) is 0 Å². The molecule has 1 amide bonds. The zero-order valence-corrected chi connectivity index (χ0v) is 14.8. The number of benzene rings is 1. The second-order valence-corrected chi connectivity index (χ2v) is 6.80. The van der Waals surface area contributed by atoms with Crippen molar-refractivity contribution in [1.82, 2.24) is 20.2 Å². The van der Waals surface area contributed by atoms with Crippen LogP contribution < -0.4 is 4.90 Å². The van der Waals surface area contributed by atoms with Crippen molar-refractivity contribution in [2.24, 2.45) is 0 Å². The Hall–Kier alpha value is -3.21. The molecular weight excluding hydrogens is 372 g/mol. The standard InChI is InChI=1S/C16H14N6O4S/c23-15(20-6-5-11-8-12(22(24)25)3-4-14(11)20)10-27-16-17-18-19-21(16)9-13-2-1-7-26-13/h1-4,7-8H,5-6,9-10H2. The van der Waals surface area contributed by atoms with E-state index in [0.29, 0.717) is 30.4 Å². The van der Waals surface area contributed by atoms with Crippen LogP contribution in [-0.2, 0) is 17.8 Å². The number of tetrazole rings is 1. The van der Waals surface area contributed by atoms with Gasteiger partial charge in [0.1, 0.15) is 12.3 Å². The second-order valence-electron chi connectivity index (χ2n) is 5.85. The largest absolute Gasteiger partial charge is 0.467 e. The summed E-state index contributed by atoms with van der Waals surface area (Å²) >= 11 is 1.24. The van der Waals surface area contributed by atoms with Crippen LogP contribution in [0.3, 0.4) is 0 Å². The third kappa shape index (κ3) is 3.53. The van der Waals surface area contributed by atoms with E-state index >= 15 is 0 Å². The van der Waals surface area contributed by atoms with E-state index in [-0.39, 0.29) is 17.3 Å². The third-order valence-corrected chi connectivity index (χ3v) is 5.12. The van der Waals surface area contributed by atoms with Crippen LogP contribution in [0.2, 0.25) is 0 Å². The van der Waals surface area contributed by atoms with Crippen molar-refractivity contribution in [3.8, 4) is 0 Å². The molecule has 0 saturated carbocycles. The number of nitro groups is 1. The van der Waals surface area contributed by atoms with Gasteiger partial charge in [0.25, 0.3) is 5.69 Å². The van der Waals surface area contributed by atoms with Gasteiger partial charge in [-0.3, -0.25) is 14.9 Å². The molecule has 0 unspecified atom stereocenters. The van der Waals surface area contributed by atoms with Crippen LogP contribution in [0, 0.1) is 10.1 Å². The van der Waals surface area contributed by atoms with Gasteiger partial charge < -0.3 is 9.32 Å². The fourth-order valence-electron chi connectivity index (χ4n) is 2.91. The van der Waals surface area contributed by atoms with Crippen molar-refractivity contribution in [3.63, 3.8) is 0 Å². The van der Waals surface area contributed by atoms with Crippen molar-refractivity contribution in [2.75, 3.05) is 17.2 Å². The molecule has 0 N–H and O–H groups in total. The molecule has 3 aromatic rings. The fourth-order valence-corrected chi connectivity index (χ4v) is 3.67. The number of fused-ring (bicyclic) bond motifs is 1. The summed E-state index contributed by atoms with van der Waals surface area (Å²) in [7, 11) is 0. The van der Waals surface area contributed by atoms with Gasteiger partial charge in [0, 0.05) is 24.4 Å². The van der Waals surface area contributed by atoms with Gasteiger partial charge in [-0.1, -0.05) is 11.8 Å². The summed E-state index contributed by atoms with van der Waals surface area (Å²) in [5.74, 6) is 0.778. The fraction of sp³-hybridized carbons (Fsp3) is 0.250. The predicted molar refractivity (Wildman–Crippen MR) is 95.5 cm³/mol. The van der Waals surface area contributed by atoms with Crippen LogP contribution in [0.25, 0.3) is 0 Å². The van der Waals surface area contributed by atoms with E-state index in [1.165, 1.54) is 23.9 Å². The molecule has 10 nitrogen and oxygen atoms in total. The summed E-state index contributed by atoms with van der Waals surface area (Å²) in [6.07, 6.45) is 2.18. The first-order chi connectivity index (χ1) is 13.1. The Morgan fingerprint density at radius 1 is 1.37 bits per heavy atom. The normalized spacial score (nSPS) is 13.0. The lowest BCUT2D eigenvalue weighted by molar-refractivity contribution is -0.384. The number of carbonyl (C=O) groups excluding carboxylic acids is 1. The monoisotopic (exact) mass is 386 g/mol. The van der Waals surface area contributed by atoms with Crippen LogP contribution in [0.1, 0.15) is 11.3 Å². The van der Waals surface area contributed by atoms with E-state index in [0.717, 1.165) is 11.3 Å². The minimum absolute atomic E-state index is 0.0366. The van der Waals surface area contributed by atoms with Crippen LogP contribution in [-0.4, -0.2) is 43.3 Å². The first-order valence-electron chi connectivity index (χ1n) is 8.11. The van der Waals surface area contributed by atoms with E-state index in [2.05, 4.69) is 15.5 Å². The lowest BCUT2D eigenvalue weighted by Crippen LogP contribution is -2.30. The molecule has 1 aliphatic rings. The Balaban J connectivity index is 1.42. The number of hydrogen-bond acceptors (Lipinski definition) is 8. The van der Waals surface area contributed by atoms with Crippen molar-refractivity contribution in [3.05, 3.63) is 58.0 Å². The number of furan rings is 1. The predicted octanol–water partition coefficient (Wildman–Crippen LogP) is 1.90. The average molecular weight is 386 g/mol. The molecule has 11 heteroatoms. The summed E-state index contributed by atoms with van der Waals surface area (Å²) in [6.45, 7) is 0.889. The molecule has 0 spiro atoms. The number of rotatable bonds is 6. The summed E-state index contributed by atoms with van der Waals surface area (Å²) in [5.41, 5.74) is 1.57. The molecule has 0 bridgehead atoms. The number of nitrogens with zero attached hydrogens (tertiary/aromatic N) is 6. The van der Waals surface area contributed by atoms with E-state index in [1.54, 1.807) is 28.0 Å². The molecule has 27 heavy (non-hydrogen) atoms. The molecule has 138 valence electrons. The number of non-ortho nitro benzene ring substituents is 1. The van der Waals surface area contributed by atoms with E-state index in [9.17, 15) is 14.9 Å². The molecule has 0 radical (unpaired) electrons. The Morgan fingerprint density at radius 2 is 2.26 bits per heavy atom. The maximum Gasteiger partial charge on any atom is 0.269 e. The van der Waals surface area contributed by atoms with Crippen LogP contribution in [0.15, 0.2) is 46.2 Å². The smallest absolute Gasteiger partial charge is 0.269 e. The molecule has 0 aliphatic carbocycles. The number of hydrogen-bond donors (Lipinski definition) is 0. The quantitative estimate of drug-likeness (QED) is 0.358. The minimum atomic E-state index is -0.431. The van der Waals surface area contributed by atoms with Crippen molar-refractivity contribution in [2.45, 2.75) is 18.1 Å². The Kier molecular flexibility index (Phi) is 4.59. The van der Waals surface area contributed by atoms with Gasteiger partial charge in [-0.15, -0.1) is 5.10 Å². The molecule has 0 atom stereocenters. The number of anilines is 1. The van der Waals surface area contributed by atoms with Crippen molar-refractivity contribution < 1.29 is 14.1 Å². The average Bonchev–Trinajstić information content (AvgIpc) is 3.40. The van der Waals surface area contributed by atoms with E-state index in [4.69, 9.17) is 4.42 Å². The Labute approximate surface area is 157 Å². The maximum atomic E-state index is 12.6. The van der Waals surface area contributed by atoms with Gasteiger partial charge in [-0.25, -0.2) is 4.68 Å². The van der Waals surface area contributed by atoms with Crippen LogP contribution in [0.4, 0.5) is 11.4 Å². The number of carbonyl (C=O) groups is 1. The Morgan fingerprint density at radius 3 is 3.04 bits per heavy atom. The third-order valence-electron chi connectivity index (χ3n) is 4.18. The number of thioether (sulfide) groups is 1. The highest BCUT2D eigenvalue weighted by atomic mass is 32.2. The molecule has 0 fully saturated rings. The van der Waals surface area contributed by atoms with Gasteiger partial charge in [-0.2, -0.15) is 0 Å². The summed E-state index contributed by atoms with van der Waals surface area (Å²) in [6, 6.07) is 8.18. The van der Waals surface area contributed by atoms with Gasteiger partial charge in [0.2, 0.25) is 11.1 Å².